The SMILES string of the molecule is C=C1CCN(c2cccc(C(C)C)c2)C(=C)N1. The number of hydrogen-bond donors (Lipinski definition) is 1. The van der Waals surface area contributed by atoms with Crippen LogP contribution in [0, 0.1) is 0 Å². The lowest BCUT2D eigenvalue weighted by Crippen LogP contribution is -2.37. The Labute approximate surface area is 104 Å². The molecule has 0 spiro atoms. The summed E-state index contributed by atoms with van der Waals surface area (Å²) in [5, 5.41) is 3.21. The second kappa shape index (κ2) is 4.66. The van der Waals surface area contributed by atoms with Gasteiger partial charge in [-0.15, -0.1) is 0 Å². The molecule has 0 amide bonds. The molecule has 1 heterocycles. The molecular formula is C15H20N2. The van der Waals surface area contributed by atoms with Crippen molar-refractivity contribution in [2.24, 2.45) is 0 Å². The standard InChI is InChI=1S/C15H20N2/c1-11(2)14-6-5-7-15(10-14)17-9-8-12(3)16-13(17)4/h5-7,10-11,16H,3-4,8-9H2,1-2H3. The highest BCUT2D eigenvalue weighted by Crippen LogP contribution is 2.25. The summed E-state index contributed by atoms with van der Waals surface area (Å²) in [6, 6.07) is 8.66. The Morgan fingerprint density at radius 2 is 2.06 bits per heavy atom. The van der Waals surface area contributed by atoms with Crippen molar-refractivity contribution in [2.45, 2.75) is 26.2 Å². The zero-order chi connectivity index (χ0) is 12.4. The second-order valence-corrected chi connectivity index (χ2v) is 4.83. The number of nitrogens with one attached hydrogen (secondary N) is 1. The third kappa shape index (κ3) is 2.52. The maximum atomic E-state index is 4.05. The van der Waals surface area contributed by atoms with E-state index in [0.29, 0.717) is 5.92 Å². The number of hydrogen-bond acceptors (Lipinski definition) is 2. The molecule has 2 heteroatoms. The Balaban J connectivity index is 2.25. The van der Waals surface area contributed by atoms with Gasteiger partial charge in [0, 0.05) is 24.4 Å². The lowest BCUT2D eigenvalue weighted by Gasteiger charge is -2.33. The van der Waals surface area contributed by atoms with Gasteiger partial charge >= 0.3 is 0 Å². The molecule has 1 N–H and O–H groups in total. The van der Waals surface area contributed by atoms with Crippen LogP contribution >= 0.6 is 0 Å². The molecule has 0 atom stereocenters. The first kappa shape index (κ1) is 11.8. The Hall–Kier alpha value is -1.70. The lowest BCUT2D eigenvalue weighted by molar-refractivity contribution is 0.709. The highest BCUT2D eigenvalue weighted by molar-refractivity contribution is 5.54. The lowest BCUT2D eigenvalue weighted by atomic mass is 10.0. The molecule has 1 aromatic carbocycles. The molecule has 2 rings (SSSR count). The van der Waals surface area contributed by atoms with Crippen LogP contribution in [0.15, 0.2) is 48.9 Å². The fourth-order valence-corrected chi connectivity index (χ4v) is 2.05. The van der Waals surface area contributed by atoms with E-state index < -0.39 is 0 Å². The van der Waals surface area contributed by atoms with Crippen LogP contribution in [0.3, 0.4) is 0 Å². The zero-order valence-electron chi connectivity index (χ0n) is 10.7. The summed E-state index contributed by atoms with van der Waals surface area (Å²) < 4.78 is 0. The van der Waals surface area contributed by atoms with Gasteiger partial charge in [0.05, 0.1) is 0 Å². The van der Waals surface area contributed by atoms with Crippen LogP contribution in [0.1, 0.15) is 31.7 Å². The summed E-state index contributed by atoms with van der Waals surface area (Å²) >= 11 is 0. The number of anilines is 1. The zero-order valence-corrected chi connectivity index (χ0v) is 10.7. The van der Waals surface area contributed by atoms with E-state index in [1.807, 2.05) is 0 Å². The number of rotatable bonds is 2. The van der Waals surface area contributed by atoms with Crippen molar-refractivity contribution in [3.8, 4) is 0 Å². The van der Waals surface area contributed by atoms with Gasteiger partial charge in [-0.05, 0) is 23.6 Å². The molecule has 1 aliphatic heterocycles. The van der Waals surface area contributed by atoms with E-state index in [0.717, 1.165) is 24.5 Å². The predicted octanol–water partition coefficient (Wildman–Crippen LogP) is 3.59. The van der Waals surface area contributed by atoms with E-state index in [1.165, 1.54) is 11.3 Å². The first-order valence-corrected chi connectivity index (χ1v) is 6.09. The Morgan fingerprint density at radius 1 is 1.29 bits per heavy atom. The van der Waals surface area contributed by atoms with Crippen molar-refractivity contribution >= 4 is 5.69 Å². The van der Waals surface area contributed by atoms with Gasteiger partial charge in [0.15, 0.2) is 0 Å². The van der Waals surface area contributed by atoms with Crippen molar-refractivity contribution in [3.63, 3.8) is 0 Å². The minimum Gasteiger partial charge on any atom is -0.346 e. The molecule has 1 aliphatic rings. The van der Waals surface area contributed by atoms with Gasteiger partial charge in [-0.2, -0.15) is 0 Å². The third-order valence-corrected chi connectivity index (χ3v) is 3.13. The summed E-state index contributed by atoms with van der Waals surface area (Å²) in [7, 11) is 0. The highest BCUT2D eigenvalue weighted by atomic mass is 15.3. The van der Waals surface area contributed by atoms with Gasteiger partial charge in [0.1, 0.15) is 5.82 Å². The minimum atomic E-state index is 0.552. The smallest absolute Gasteiger partial charge is 0.103 e. The van der Waals surface area contributed by atoms with Gasteiger partial charge in [-0.25, -0.2) is 0 Å². The van der Waals surface area contributed by atoms with E-state index in [4.69, 9.17) is 0 Å². The van der Waals surface area contributed by atoms with Crippen LogP contribution in [0.25, 0.3) is 0 Å². The monoisotopic (exact) mass is 228 g/mol. The van der Waals surface area contributed by atoms with Crippen molar-refractivity contribution in [1.29, 1.82) is 0 Å². The van der Waals surface area contributed by atoms with Crippen molar-refractivity contribution in [3.05, 3.63) is 54.5 Å². The number of nitrogens with zero attached hydrogens (tertiary/aromatic N) is 1. The van der Waals surface area contributed by atoms with Gasteiger partial charge in [0.2, 0.25) is 0 Å². The topological polar surface area (TPSA) is 15.3 Å². The molecule has 90 valence electrons. The molecule has 0 unspecified atom stereocenters. The first-order valence-electron chi connectivity index (χ1n) is 6.09. The van der Waals surface area contributed by atoms with Gasteiger partial charge in [0.25, 0.3) is 0 Å². The Morgan fingerprint density at radius 3 is 2.71 bits per heavy atom. The number of benzene rings is 1. The molecule has 0 aliphatic carbocycles. The fraction of sp³-hybridized carbons (Fsp3) is 0.333. The quantitative estimate of drug-likeness (QED) is 0.832. The molecule has 0 radical (unpaired) electrons. The first-order chi connectivity index (χ1) is 8.08. The second-order valence-electron chi connectivity index (χ2n) is 4.83. The summed E-state index contributed by atoms with van der Waals surface area (Å²) in [4.78, 5) is 2.21. The molecule has 0 bridgehead atoms. The maximum Gasteiger partial charge on any atom is 0.103 e. The van der Waals surface area contributed by atoms with E-state index in [2.05, 4.69) is 61.5 Å². The molecule has 1 saturated heterocycles. The van der Waals surface area contributed by atoms with Crippen molar-refractivity contribution in [1.82, 2.24) is 5.32 Å². The molecule has 0 saturated carbocycles. The van der Waals surface area contributed by atoms with Gasteiger partial charge < -0.3 is 10.2 Å². The van der Waals surface area contributed by atoms with E-state index >= 15 is 0 Å². The van der Waals surface area contributed by atoms with Gasteiger partial charge in [-0.1, -0.05) is 39.1 Å². The van der Waals surface area contributed by atoms with Crippen LogP contribution < -0.4 is 10.2 Å². The predicted molar refractivity (Wildman–Crippen MR) is 73.9 cm³/mol. The average Bonchev–Trinajstić information content (AvgIpc) is 2.29. The molecule has 1 fully saturated rings. The molecule has 1 aromatic rings. The largest absolute Gasteiger partial charge is 0.346 e. The van der Waals surface area contributed by atoms with Crippen LogP contribution in [0.5, 0.6) is 0 Å². The van der Waals surface area contributed by atoms with Crippen LogP contribution in [-0.4, -0.2) is 6.54 Å². The molecule has 0 aromatic heterocycles. The minimum absolute atomic E-state index is 0.552. The van der Waals surface area contributed by atoms with Crippen LogP contribution in [0.2, 0.25) is 0 Å². The van der Waals surface area contributed by atoms with Crippen molar-refractivity contribution < 1.29 is 0 Å². The summed E-state index contributed by atoms with van der Waals surface area (Å²) in [5.41, 5.74) is 3.62. The van der Waals surface area contributed by atoms with E-state index in [-0.39, 0.29) is 0 Å². The Bertz CT molecular complexity index is 446. The van der Waals surface area contributed by atoms with E-state index in [9.17, 15) is 0 Å². The molecular weight excluding hydrogens is 208 g/mol. The van der Waals surface area contributed by atoms with Gasteiger partial charge in [-0.3, -0.25) is 0 Å². The average molecular weight is 228 g/mol. The Kier molecular flexibility index (Phi) is 3.23. The summed E-state index contributed by atoms with van der Waals surface area (Å²) in [6.07, 6.45) is 0.963. The maximum absolute atomic E-state index is 4.05. The van der Waals surface area contributed by atoms with E-state index in [1.54, 1.807) is 0 Å². The highest BCUT2D eigenvalue weighted by Gasteiger charge is 2.16. The van der Waals surface area contributed by atoms with Crippen LogP contribution in [-0.2, 0) is 0 Å². The third-order valence-electron chi connectivity index (χ3n) is 3.13. The fourth-order valence-electron chi connectivity index (χ4n) is 2.05. The van der Waals surface area contributed by atoms with Crippen molar-refractivity contribution in [2.75, 3.05) is 11.4 Å². The normalized spacial score (nSPS) is 16.3. The summed E-state index contributed by atoms with van der Waals surface area (Å²) in [5.74, 6) is 1.47. The molecule has 17 heavy (non-hydrogen) atoms. The molecule has 2 nitrogen and oxygen atoms in total. The summed E-state index contributed by atoms with van der Waals surface area (Å²) in [6.45, 7) is 13.4. The van der Waals surface area contributed by atoms with Crippen LogP contribution in [0.4, 0.5) is 5.69 Å².